The third-order valence-corrected chi connectivity index (χ3v) is 7.56. The van der Waals surface area contributed by atoms with Gasteiger partial charge in [-0.05, 0) is 42.0 Å². The lowest BCUT2D eigenvalue weighted by molar-refractivity contribution is 0.0341. The zero-order chi connectivity index (χ0) is 24.0. The van der Waals surface area contributed by atoms with Crippen molar-refractivity contribution in [1.29, 1.82) is 0 Å². The topological polar surface area (TPSA) is 58.1 Å². The van der Waals surface area contributed by atoms with Gasteiger partial charge < -0.3 is 14.4 Å². The third-order valence-electron chi connectivity index (χ3n) is 6.62. The molecule has 0 radical (unpaired) electrons. The fourth-order valence-electron chi connectivity index (χ4n) is 4.59. The number of piperazine rings is 1. The highest BCUT2D eigenvalue weighted by Crippen LogP contribution is 2.26. The standard InChI is InChI=1S/C27H32N4O3S/c1-33-25-7-5-22(6-8-25)26-28-24(20-35-26)19-29-9-11-31(12-10-29)27(32)23-4-2-3-21(17-23)18-30-13-15-34-16-14-30/h2-8,17,20H,9-16,18-19H2,1H3. The Hall–Kier alpha value is -2.78. The molecule has 5 rings (SSSR count). The summed E-state index contributed by atoms with van der Waals surface area (Å²) in [5.41, 5.74) is 4.16. The first-order valence-corrected chi connectivity index (χ1v) is 13.1. The highest BCUT2D eigenvalue weighted by atomic mass is 32.1. The van der Waals surface area contributed by atoms with Gasteiger partial charge in [-0.3, -0.25) is 14.6 Å². The summed E-state index contributed by atoms with van der Waals surface area (Å²) < 4.78 is 10.7. The maximum absolute atomic E-state index is 13.2. The lowest BCUT2D eigenvalue weighted by atomic mass is 10.1. The summed E-state index contributed by atoms with van der Waals surface area (Å²) in [5, 5.41) is 3.16. The van der Waals surface area contributed by atoms with Gasteiger partial charge in [0.1, 0.15) is 10.8 Å². The van der Waals surface area contributed by atoms with Crippen LogP contribution in [-0.2, 0) is 17.8 Å². The first-order chi connectivity index (χ1) is 17.2. The van der Waals surface area contributed by atoms with Gasteiger partial charge >= 0.3 is 0 Å². The lowest BCUT2D eigenvalue weighted by Crippen LogP contribution is -2.48. The molecule has 0 atom stereocenters. The van der Waals surface area contributed by atoms with Gasteiger partial charge in [0.05, 0.1) is 26.0 Å². The van der Waals surface area contributed by atoms with Gasteiger partial charge in [-0.2, -0.15) is 0 Å². The van der Waals surface area contributed by atoms with Crippen molar-refractivity contribution in [3.63, 3.8) is 0 Å². The van der Waals surface area contributed by atoms with Crippen molar-refractivity contribution in [2.45, 2.75) is 13.1 Å². The van der Waals surface area contributed by atoms with Gasteiger partial charge in [-0.15, -0.1) is 11.3 Å². The molecule has 184 valence electrons. The minimum absolute atomic E-state index is 0.129. The number of aromatic nitrogens is 1. The predicted molar refractivity (Wildman–Crippen MR) is 138 cm³/mol. The van der Waals surface area contributed by atoms with E-state index >= 15 is 0 Å². The average molecular weight is 493 g/mol. The van der Waals surface area contributed by atoms with Crippen molar-refractivity contribution >= 4 is 17.2 Å². The SMILES string of the molecule is COc1ccc(-c2nc(CN3CCN(C(=O)c4cccc(CN5CCOCC5)c4)CC3)cs2)cc1. The Balaban J connectivity index is 1.13. The molecule has 8 heteroatoms. The van der Waals surface area contributed by atoms with Gasteiger partial charge in [0.2, 0.25) is 0 Å². The molecular weight excluding hydrogens is 460 g/mol. The van der Waals surface area contributed by atoms with Crippen molar-refractivity contribution in [3.05, 3.63) is 70.7 Å². The summed E-state index contributed by atoms with van der Waals surface area (Å²) in [5.74, 6) is 0.978. The highest BCUT2D eigenvalue weighted by molar-refractivity contribution is 7.13. The Kier molecular flexibility index (Phi) is 7.73. The van der Waals surface area contributed by atoms with Crippen LogP contribution in [0.5, 0.6) is 5.75 Å². The molecule has 3 aromatic rings. The van der Waals surface area contributed by atoms with E-state index in [-0.39, 0.29) is 5.91 Å². The normalized spacial score (nSPS) is 17.5. The summed E-state index contributed by atoms with van der Waals surface area (Å²) in [6, 6.07) is 16.1. The Morgan fingerprint density at radius 3 is 2.46 bits per heavy atom. The average Bonchev–Trinajstić information content (AvgIpc) is 3.38. The van der Waals surface area contributed by atoms with E-state index in [1.807, 2.05) is 41.3 Å². The molecule has 0 aliphatic carbocycles. The fraction of sp³-hybridized carbons (Fsp3) is 0.407. The van der Waals surface area contributed by atoms with Gasteiger partial charge in [0, 0.05) is 68.9 Å². The van der Waals surface area contributed by atoms with Gasteiger partial charge in [0.25, 0.3) is 5.91 Å². The number of carbonyl (C=O) groups is 1. The summed E-state index contributed by atoms with van der Waals surface area (Å²) >= 11 is 1.67. The second-order valence-corrected chi connectivity index (χ2v) is 9.89. The van der Waals surface area contributed by atoms with Crippen LogP contribution in [0, 0.1) is 0 Å². The van der Waals surface area contributed by atoms with Crippen molar-refractivity contribution in [2.75, 3.05) is 59.6 Å². The van der Waals surface area contributed by atoms with E-state index in [9.17, 15) is 4.79 Å². The van der Waals surface area contributed by atoms with Crippen molar-refractivity contribution in [2.24, 2.45) is 0 Å². The van der Waals surface area contributed by atoms with Crippen LogP contribution in [0.4, 0.5) is 0 Å². The van der Waals surface area contributed by atoms with Crippen LogP contribution < -0.4 is 4.74 Å². The summed E-state index contributed by atoms with van der Waals surface area (Å²) in [6.07, 6.45) is 0. The van der Waals surface area contributed by atoms with Crippen molar-refractivity contribution < 1.29 is 14.3 Å². The van der Waals surface area contributed by atoms with Gasteiger partial charge in [-0.25, -0.2) is 4.98 Å². The Bertz CT molecular complexity index is 1120. The van der Waals surface area contributed by atoms with Crippen LogP contribution in [0.3, 0.4) is 0 Å². The summed E-state index contributed by atoms with van der Waals surface area (Å²) in [4.78, 5) is 24.7. The molecule has 0 unspecified atom stereocenters. The molecule has 2 saturated heterocycles. The minimum atomic E-state index is 0.129. The highest BCUT2D eigenvalue weighted by Gasteiger charge is 2.23. The van der Waals surface area contributed by atoms with Crippen LogP contribution >= 0.6 is 11.3 Å². The smallest absolute Gasteiger partial charge is 0.253 e. The second-order valence-electron chi connectivity index (χ2n) is 9.03. The van der Waals surface area contributed by atoms with Crippen molar-refractivity contribution in [3.8, 4) is 16.3 Å². The number of hydrogen-bond acceptors (Lipinski definition) is 7. The monoisotopic (exact) mass is 492 g/mol. The first-order valence-electron chi connectivity index (χ1n) is 12.2. The molecule has 0 N–H and O–H groups in total. The molecule has 7 nitrogen and oxygen atoms in total. The fourth-order valence-corrected chi connectivity index (χ4v) is 5.40. The van der Waals surface area contributed by atoms with E-state index in [4.69, 9.17) is 14.5 Å². The number of rotatable bonds is 7. The molecule has 2 fully saturated rings. The molecule has 1 amide bonds. The summed E-state index contributed by atoms with van der Waals surface area (Å²) in [7, 11) is 1.67. The number of nitrogens with zero attached hydrogens (tertiary/aromatic N) is 4. The van der Waals surface area contributed by atoms with Crippen LogP contribution in [0.2, 0.25) is 0 Å². The number of thiazole rings is 1. The maximum Gasteiger partial charge on any atom is 0.253 e. The molecule has 1 aromatic heterocycles. The molecule has 2 aliphatic rings. The number of carbonyl (C=O) groups excluding carboxylic acids is 1. The molecule has 35 heavy (non-hydrogen) atoms. The van der Waals surface area contributed by atoms with Crippen molar-refractivity contribution in [1.82, 2.24) is 19.7 Å². The van der Waals surface area contributed by atoms with E-state index in [1.165, 1.54) is 5.56 Å². The maximum atomic E-state index is 13.2. The lowest BCUT2D eigenvalue weighted by Gasteiger charge is -2.34. The van der Waals surface area contributed by atoms with Crippen LogP contribution in [-0.4, -0.2) is 85.2 Å². The number of methoxy groups -OCH3 is 1. The quantitative estimate of drug-likeness (QED) is 0.502. The van der Waals surface area contributed by atoms with E-state index in [0.717, 1.165) is 93.1 Å². The Labute approximate surface area is 210 Å². The molecule has 2 aliphatic heterocycles. The predicted octanol–water partition coefficient (Wildman–Crippen LogP) is 3.61. The molecule has 2 aromatic carbocycles. The Morgan fingerprint density at radius 2 is 1.71 bits per heavy atom. The van der Waals surface area contributed by atoms with E-state index in [2.05, 4.69) is 27.3 Å². The third kappa shape index (κ3) is 6.08. The van der Waals surface area contributed by atoms with Gasteiger partial charge in [0.15, 0.2) is 0 Å². The molecular formula is C27H32N4O3S. The van der Waals surface area contributed by atoms with Crippen LogP contribution in [0.25, 0.3) is 10.6 Å². The van der Waals surface area contributed by atoms with E-state index in [0.29, 0.717) is 0 Å². The van der Waals surface area contributed by atoms with E-state index in [1.54, 1.807) is 18.4 Å². The second kappa shape index (κ2) is 11.3. The van der Waals surface area contributed by atoms with Crippen LogP contribution in [0.1, 0.15) is 21.6 Å². The largest absolute Gasteiger partial charge is 0.497 e. The van der Waals surface area contributed by atoms with Gasteiger partial charge in [-0.1, -0.05) is 12.1 Å². The zero-order valence-electron chi connectivity index (χ0n) is 20.2. The molecule has 0 spiro atoms. The zero-order valence-corrected chi connectivity index (χ0v) is 21.0. The molecule has 3 heterocycles. The minimum Gasteiger partial charge on any atom is -0.497 e. The molecule has 0 bridgehead atoms. The summed E-state index contributed by atoms with van der Waals surface area (Å²) in [6.45, 7) is 8.32. The first kappa shape index (κ1) is 23.9. The number of ether oxygens (including phenoxy) is 2. The number of morpholine rings is 1. The number of benzene rings is 2. The number of amides is 1. The Morgan fingerprint density at radius 1 is 0.971 bits per heavy atom. The van der Waals surface area contributed by atoms with Crippen LogP contribution in [0.15, 0.2) is 53.9 Å². The number of hydrogen-bond donors (Lipinski definition) is 0. The van der Waals surface area contributed by atoms with E-state index < -0.39 is 0 Å². The molecule has 0 saturated carbocycles.